The number of nitrogens with zero attached hydrogens (tertiary/aromatic N) is 3. The fourth-order valence-electron chi connectivity index (χ4n) is 5.27. The molecule has 0 saturated heterocycles. The third-order valence-electron chi connectivity index (χ3n) is 8.04. The number of unbranched alkanes of at least 4 members (excludes halogenated alkanes) is 2. The van der Waals surface area contributed by atoms with Crippen LogP contribution in [0.4, 0.5) is 0 Å². The Morgan fingerprint density at radius 3 is 1.74 bits per heavy atom. The van der Waals surface area contributed by atoms with Gasteiger partial charge >= 0.3 is 0 Å². The monoisotopic (exact) mass is 629 g/mol. The van der Waals surface area contributed by atoms with E-state index in [-0.39, 0.29) is 29.0 Å². The van der Waals surface area contributed by atoms with Crippen LogP contribution < -0.4 is 9.47 Å². The molecule has 4 rings (SSSR count). The first kappa shape index (κ1) is 34.9. The summed E-state index contributed by atoms with van der Waals surface area (Å²) in [5.41, 5.74) is 1.24. The van der Waals surface area contributed by atoms with Crippen LogP contribution in [0.2, 0.25) is 0 Å². The second-order valence-corrected chi connectivity index (χ2v) is 12.1. The molecule has 2 aromatic rings. The van der Waals surface area contributed by atoms with Gasteiger partial charge < -0.3 is 19.7 Å². The molecule has 0 amide bonds. The van der Waals surface area contributed by atoms with Crippen molar-refractivity contribution in [2.75, 3.05) is 13.2 Å². The minimum Gasteiger partial charge on any atom is -0.493 e. The minimum atomic E-state index is -0.523. The van der Waals surface area contributed by atoms with E-state index in [1.54, 1.807) is 26.0 Å². The van der Waals surface area contributed by atoms with Crippen LogP contribution in [0, 0.1) is 11.8 Å². The summed E-state index contributed by atoms with van der Waals surface area (Å²) in [7, 11) is 0. The standard InChI is InChI=1S/C37H47N3O6/c1-5-7-21-45-28-19-20-29(32(23-28)46-22-8-6-2)35-38-36(30-13-9-11-26(33(30)43)17-15-24(3)41)40-37(39-35)31-14-10-12-27(34(31)44)18-16-25(4)42/h9-14,19-20,23-27,41-42H,5-8,15-18,21-22H2,1-4H3. The van der Waals surface area contributed by atoms with E-state index in [2.05, 4.69) is 13.8 Å². The Hall–Kier alpha value is -3.95. The van der Waals surface area contributed by atoms with Gasteiger partial charge in [0.15, 0.2) is 29.0 Å². The van der Waals surface area contributed by atoms with Crippen LogP contribution in [0.25, 0.3) is 22.5 Å². The minimum absolute atomic E-state index is 0.149. The van der Waals surface area contributed by atoms with Gasteiger partial charge in [-0.25, -0.2) is 15.0 Å². The number of aromatic nitrogens is 3. The molecule has 46 heavy (non-hydrogen) atoms. The van der Waals surface area contributed by atoms with E-state index >= 15 is 0 Å². The fraction of sp³-hybridized carbons (Fsp3) is 0.486. The maximum absolute atomic E-state index is 13.7. The highest BCUT2D eigenvalue weighted by Crippen LogP contribution is 2.35. The molecule has 9 nitrogen and oxygen atoms in total. The van der Waals surface area contributed by atoms with Crippen molar-refractivity contribution >= 4 is 22.7 Å². The number of aliphatic hydroxyl groups is 2. The molecule has 1 heterocycles. The number of ketones is 2. The molecule has 0 saturated carbocycles. The van der Waals surface area contributed by atoms with Gasteiger partial charge in [-0.1, -0.05) is 51.0 Å². The van der Waals surface area contributed by atoms with Crippen molar-refractivity contribution in [3.05, 3.63) is 66.3 Å². The highest BCUT2D eigenvalue weighted by molar-refractivity contribution is 6.24. The molecule has 0 radical (unpaired) electrons. The Labute approximate surface area is 272 Å². The van der Waals surface area contributed by atoms with E-state index in [0.29, 0.717) is 67.1 Å². The van der Waals surface area contributed by atoms with Crippen LogP contribution in [0.5, 0.6) is 11.5 Å². The highest BCUT2D eigenvalue weighted by atomic mass is 16.5. The Morgan fingerprint density at radius 2 is 1.24 bits per heavy atom. The fourth-order valence-corrected chi connectivity index (χ4v) is 5.27. The van der Waals surface area contributed by atoms with Crippen LogP contribution in [0.1, 0.15) is 90.7 Å². The molecule has 2 aliphatic carbocycles. The molecule has 1 aromatic carbocycles. The zero-order valence-corrected chi connectivity index (χ0v) is 27.4. The number of Topliss-reactive ketones (excluding diaryl/α,β-unsaturated/α-hetero) is 2. The normalized spacial score (nSPS) is 19.1. The largest absolute Gasteiger partial charge is 0.493 e. The van der Waals surface area contributed by atoms with Crippen molar-refractivity contribution in [3.8, 4) is 22.9 Å². The van der Waals surface area contributed by atoms with Gasteiger partial charge in [0.2, 0.25) is 0 Å². The second kappa shape index (κ2) is 17.1. The van der Waals surface area contributed by atoms with Crippen LogP contribution in [-0.2, 0) is 9.59 Å². The molecule has 1 aromatic heterocycles. The van der Waals surface area contributed by atoms with Gasteiger partial charge in [-0.3, -0.25) is 9.59 Å². The second-order valence-electron chi connectivity index (χ2n) is 12.1. The van der Waals surface area contributed by atoms with Gasteiger partial charge in [-0.2, -0.15) is 0 Å². The number of carbonyl (C=O) groups is 2. The molecule has 0 aliphatic heterocycles. The van der Waals surface area contributed by atoms with E-state index in [4.69, 9.17) is 24.4 Å². The van der Waals surface area contributed by atoms with E-state index in [1.807, 2.05) is 42.5 Å². The molecule has 9 heteroatoms. The summed E-state index contributed by atoms with van der Waals surface area (Å²) in [6.07, 6.45) is 15.3. The van der Waals surface area contributed by atoms with Crippen LogP contribution in [0.15, 0.2) is 54.7 Å². The summed E-state index contributed by atoms with van der Waals surface area (Å²) in [6.45, 7) is 8.69. The lowest BCUT2D eigenvalue weighted by Gasteiger charge is -2.20. The van der Waals surface area contributed by atoms with Crippen LogP contribution in [-0.4, -0.2) is 62.2 Å². The lowest BCUT2D eigenvalue weighted by molar-refractivity contribution is -0.117. The molecular weight excluding hydrogens is 582 g/mol. The molecule has 2 N–H and O–H groups in total. The summed E-state index contributed by atoms with van der Waals surface area (Å²) in [5, 5.41) is 19.7. The topological polar surface area (TPSA) is 132 Å². The zero-order chi connectivity index (χ0) is 33.1. The first-order chi connectivity index (χ1) is 22.2. The Kier molecular flexibility index (Phi) is 13.0. The van der Waals surface area contributed by atoms with Crippen LogP contribution in [0.3, 0.4) is 0 Å². The molecule has 246 valence electrons. The number of hydrogen-bond acceptors (Lipinski definition) is 9. The molecule has 0 bridgehead atoms. The van der Waals surface area contributed by atoms with Gasteiger partial charge in [-0.15, -0.1) is 0 Å². The SMILES string of the molecule is CCCCOc1ccc(-c2nc(C3=CC=CC(CCC(C)O)C3=O)nc(C3=CC=CC(CCC(C)O)C3=O)n2)c(OCCCC)c1. The summed E-state index contributed by atoms with van der Waals surface area (Å²) >= 11 is 0. The quantitative estimate of drug-likeness (QED) is 0.188. The Morgan fingerprint density at radius 1 is 0.739 bits per heavy atom. The van der Waals surface area contributed by atoms with Crippen molar-refractivity contribution in [3.63, 3.8) is 0 Å². The van der Waals surface area contributed by atoms with Crippen molar-refractivity contribution in [1.29, 1.82) is 0 Å². The zero-order valence-electron chi connectivity index (χ0n) is 27.4. The molecule has 0 spiro atoms. The number of rotatable bonds is 17. The predicted molar refractivity (Wildman–Crippen MR) is 179 cm³/mol. The number of ether oxygens (including phenoxy) is 2. The first-order valence-electron chi connectivity index (χ1n) is 16.6. The maximum atomic E-state index is 13.7. The summed E-state index contributed by atoms with van der Waals surface area (Å²) in [5.74, 6) is 0.690. The number of allylic oxidation sites excluding steroid dienone is 8. The van der Waals surface area contributed by atoms with E-state index < -0.39 is 24.0 Å². The van der Waals surface area contributed by atoms with Crippen molar-refractivity contribution in [1.82, 2.24) is 15.0 Å². The number of carbonyl (C=O) groups excluding carboxylic acids is 2. The van der Waals surface area contributed by atoms with E-state index in [0.717, 1.165) is 25.7 Å². The van der Waals surface area contributed by atoms with Crippen molar-refractivity contribution in [2.45, 2.75) is 91.3 Å². The summed E-state index contributed by atoms with van der Waals surface area (Å²) in [4.78, 5) is 41.7. The average Bonchev–Trinajstić information content (AvgIpc) is 3.04. The summed E-state index contributed by atoms with van der Waals surface area (Å²) < 4.78 is 12.2. The van der Waals surface area contributed by atoms with Gasteiger partial charge in [-0.05, 0) is 76.7 Å². The number of aliphatic hydroxyl groups excluding tert-OH is 2. The van der Waals surface area contributed by atoms with Gasteiger partial charge in [0.05, 0.1) is 42.1 Å². The van der Waals surface area contributed by atoms with Gasteiger partial charge in [0.1, 0.15) is 11.5 Å². The van der Waals surface area contributed by atoms with Gasteiger partial charge in [0.25, 0.3) is 0 Å². The molecule has 0 fully saturated rings. The lowest BCUT2D eigenvalue weighted by Crippen LogP contribution is -2.22. The predicted octanol–water partition coefficient (Wildman–Crippen LogP) is 6.50. The van der Waals surface area contributed by atoms with Gasteiger partial charge in [0, 0.05) is 17.9 Å². The van der Waals surface area contributed by atoms with Crippen molar-refractivity contribution in [2.24, 2.45) is 11.8 Å². The van der Waals surface area contributed by atoms with E-state index in [1.165, 1.54) is 0 Å². The Bertz CT molecular complexity index is 1420. The Balaban J connectivity index is 1.80. The molecule has 4 unspecified atom stereocenters. The van der Waals surface area contributed by atoms with E-state index in [9.17, 15) is 19.8 Å². The smallest absolute Gasteiger partial charge is 0.173 e. The first-order valence-corrected chi connectivity index (χ1v) is 16.6. The highest BCUT2D eigenvalue weighted by Gasteiger charge is 2.30. The lowest BCUT2D eigenvalue weighted by atomic mass is 9.87. The van der Waals surface area contributed by atoms with Crippen LogP contribution >= 0.6 is 0 Å². The molecular formula is C37H47N3O6. The summed E-state index contributed by atoms with van der Waals surface area (Å²) in [6, 6.07) is 5.53. The number of benzene rings is 1. The maximum Gasteiger partial charge on any atom is 0.173 e. The molecule has 4 atom stereocenters. The average molecular weight is 630 g/mol. The van der Waals surface area contributed by atoms with Crippen molar-refractivity contribution < 1.29 is 29.3 Å². The third kappa shape index (κ3) is 9.30. The third-order valence-corrected chi connectivity index (χ3v) is 8.04. The molecule has 2 aliphatic rings. The number of hydrogen-bond donors (Lipinski definition) is 2.